The monoisotopic (exact) mass is 281 g/mol. The molecule has 2 nitrogen and oxygen atoms in total. The Morgan fingerprint density at radius 3 is 2.33 bits per heavy atom. The van der Waals surface area contributed by atoms with Crippen LogP contribution in [0.5, 0.6) is 0 Å². The summed E-state index contributed by atoms with van der Waals surface area (Å²) in [6.45, 7) is 2.65. The average molecular weight is 282 g/mol. The predicted octanol–water partition coefficient (Wildman–Crippen LogP) is 3.00. The molecular weight excluding hydrogens is 267 g/mol. The molecule has 0 bridgehead atoms. The molecule has 1 aromatic carbocycles. The van der Waals surface area contributed by atoms with E-state index < -0.39 is 11.7 Å². The van der Waals surface area contributed by atoms with Gasteiger partial charge in [0.1, 0.15) is 6.23 Å². The van der Waals surface area contributed by atoms with E-state index in [2.05, 4.69) is 5.32 Å². The highest BCUT2D eigenvalue weighted by molar-refractivity contribution is 5.85. The van der Waals surface area contributed by atoms with E-state index in [0.29, 0.717) is 19.1 Å². The molecule has 1 aliphatic rings. The molecule has 1 saturated heterocycles. The lowest BCUT2D eigenvalue weighted by atomic mass is 10.1. The van der Waals surface area contributed by atoms with Crippen LogP contribution in [0.2, 0.25) is 0 Å². The summed E-state index contributed by atoms with van der Waals surface area (Å²) >= 11 is 0. The Hall–Kier alpha value is -0.780. The van der Waals surface area contributed by atoms with Crippen molar-refractivity contribution in [3.8, 4) is 0 Å². The molecular formula is C12H15ClF3NO. The summed E-state index contributed by atoms with van der Waals surface area (Å²) in [7, 11) is 0. The van der Waals surface area contributed by atoms with E-state index in [1.807, 2.05) is 6.92 Å². The molecule has 0 radical (unpaired) electrons. The van der Waals surface area contributed by atoms with Crippen molar-refractivity contribution in [2.45, 2.75) is 31.8 Å². The van der Waals surface area contributed by atoms with E-state index in [1.165, 1.54) is 12.1 Å². The van der Waals surface area contributed by atoms with Crippen LogP contribution in [0.1, 0.15) is 18.1 Å². The second-order valence-electron chi connectivity index (χ2n) is 4.29. The molecule has 0 spiro atoms. The maximum absolute atomic E-state index is 12.3. The minimum atomic E-state index is -4.27. The third-order valence-corrected chi connectivity index (χ3v) is 2.72. The van der Waals surface area contributed by atoms with E-state index in [-0.39, 0.29) is 18.6 Å². The zero-order valence-electron chi connectivity index (χ0n) is 9.83. The fraction of sp³-hybridized carbons (Fsp3) is 0.500. The first-order valence-corrected chi connectivity index (χ1v) is 5.49. The predicted molar refractivity (Wildman–Crippen MR) is 64.7 cm³/mol. The molecule has 1 N–H and O–H groups in total. The Labute approximate surface area is 110 Å². The highest BCUT2D eigenvalue weighted by Crippen LogP contribution is 2.29. The normalized spacial score (nSPS) is 23.8. The largest absolute Gasteiger partial charge is 0.416 e. The van der Waals surface area contributed by atoms with Crippen LogP contribution in [-0.2, 0) is 17.3 Å². The molecule has 0 amide bonds. The summed E-state index contributed by atoms with van der Waals surface area (Å²) in [6.07, 6.45) is -3.78. The average Bonchev–Trinajstić information content (AvgIpc) is 2.63. The molecule has 6 heteroatoms. The maximum atomic E-state index is 12.3. The fourth-order valence-corrected chi connectivity index (χ4v) is 1.84. The molecule has 102 valence electrons. The lowest BCUT2D eigenvalue weighted by Crippen LogP contribution is -2.29. The van der Waals surface area contributed by atoms with Crippen molar-refractivity contribution in [3.05, 3.63) is 35.4 Å². The van der Waals surface area contributed by atoms with E-state index in [9.17, 15) is 13.2 Å². The van der Waals surface area contributed by atoms with Crippen LogP contribution in [0.25, 0.3) is 0 Å². The van der Waals surface area contributed by atoms with Gasteiger partial charge in [-0.2, -0.15) is 13.2 Å². The maximum Gasteiger partial charge on any atom is 0.416 e. The van der Waals surface area contributed by atoms with Crippen LogP contribution in [0.4, 0.5) is 13.2 Å². The van der Waals surface area contributed by atoms with Gasteiger partial charge in [0.15, 0.2) is 0 Å². The summed E-state index contributed by atoms with van der Waals surface area (Å²) in [5.74, 6) is 0. The van der Waals surface area contributed by atoms with Crippen LogP contribution in [0.15, 0.2) is 24.3 Å². The third kappa shape index (κ3) is 3.86. The van der Waals surface area contributed by atoms with Crippen LogP contribution < -0.4 is 5.32 Å². The van der Waals surface area contributed by atoms with Gasteiger partial charge in [-0.3, -0.25) is 5.32 Å². The van der Waals surface area contributed by atoms with Crippen molar-refractivity contribution < 1.29 is 17.9 Å². The topological polar surface area (TPSA) is 21.3 Å². The number of alkyl halides is 3. The summed E-state index contributed by atoms with van der Waals surface area (Å²) in [5, 5.41) is 3.20. The second kappa shape index (κ2) is 5.91. The Balaban J connectivity index is 0.00000162. The minimum Gasteiger partial charge on any atom is -0.361 e. The Morgan fingerprint density at radius 1 is 1.28 bits per heavy atom. The number of ether oxygens (including phenoxy) is 1. The molecule has 0 saturated carbocycles. The van der Waals surface area contributed by atoms with Gasteiger partial charge < -0.3 is 4.74 Å². The molecule has 2 rings (SSSR count). The molecule has 2 unspecified atom stereocenters. The first-order chi connectivity index (χ1) is 7.95. The zero-order chi connectivity index (χ0) is 12.5. The smallest absolute Gasteiger partial charge is 0.361 e. The highest BCUT2D eigenvalue weighted by atomic mass is 35.5. The number of hydrogen-bond donors (Lipinski definition) is 1. The molecule has 1 aliphatic heterocycles. The standard InChI is InChI=1S/C12H14F3NO.ClH/c1-8-7-17-11(16-8)6-9-2-4-10(5-3-9)12(13,14)15;/h2-5,8,11,16H,6-7H2,1H3;1H. The first kappa shape index (κ1) is 15.3. The molecule has 1 fully saturated rings. The van der Waals surface area contributed by atoms with E-state index in [1.54, 1.807) is 0 Å². The number of benzene rings is 1. The van der Waals surface area contributed by atoms with Gasteiger partial charge >= 0.3 is 6.18 Å². The van der Waals surface area contributed by atoms with Gasteiger partial charge in [-0.05, 0) is 24.6 Å². The van der Waals surface area contributed by atoms with Crippen molar-refractivity contribution in [3.63, 3.8) is 0 Å². The Kier molecular flexibility index (Phi) is 5.01. The minimum absolute atomic E-state index is 0. The Morgan fingerprint density at radius 2 is 1.89 bits per heavy atom. The van der Waals surface area contributed by atoms with E-state index >= 15 is 0 Å². The molecule has 0 aliphatic carbocycles. The SMILES string of the molecule is CC1COC(Cc2ccc(C(F)(F)F)cc2)N1.Cl. The lowest BCUT2D eigenvalue weighted by molar-refractivity contribution is -0.137. The summed E-state index contributed by atoms with van der Waals surface area (Å²) in [4.78, 5) is 0. The van der Waals surface area contributed by atoms with Crippen LogP contribution in [0, 0.1) is 0 Å². The molecule has 0 aromatic heterocycles. The van der Waals surface area contributed by atoms with E-state index in [0.717, 1.165) is 17.7 Å². The van der Waals surface area contributed by atoms with E-state index in [4.69, 9.17) is 4.74 Å². The first-order valence-electron chi connectivity index (χ1n) is 5.49. The third-order valence-electron chi connectivity index (χ3n) is 2.72. The van der Waals surface area contributed by atoms with Crippen molar-refractivity contribution in [1.82, 2.24) is 5.32 Å². The van der Waals surface area contributed by atoms with Gasteiger partial charge in [-0.1, -0.05) is 12.1 Å². The van der Waals surface area contributed by atoms with Gasteiger partial charge in [0.2, 0.25) is 0 Å². The molecule has 1 aromatic rings. The van der Waals surface area contributed by atoms with Crippen molar-refractivity contribution >= 4 is 12.4 Å². The molecule has 18 heavy (non-hydrogen) atoms. The quantitative estimate of drug-likeness (QED) is 0.900. The van der Waals surface area contributed by atoms with Crippen LogP contribution in [0.3, 0.4) is 0 Å². The van der Waals surface area contributed by atoms with Gasteiger partial charge in [0.05, 0.1) is 12.2 Å². The van der Waals surface area contributed by atoms with Gasteiger partial charge in [0.25, 0.3) is 0 Å². The van der Waals surface area contributed by atoms with Gasteiger partial charge in [-0.15, -0.1) is 12.4 Å². The summed E-state index contributed by atoms with van der Waals surface area (Å²) in [5.41, 5.74) is 0.222. The van der Waals surface area contributed by atoms with Crippen LogP contribution >= 0.6 is 12.4 Å². The molecule has 2 atom stereocenters. The van der Waals surface area contributed by atoms with Crippen molar-refractivity contribution in [2.75, 3.05) is 6.61 Å². The lowest BCUT2D eigenvalue weighted by Gasteiger charge is -2.11. The van der Waals surface area contributed by atoms with Gasteiger partial charge in [0, 0.05) is 12.5 Å². The second-order valence-corrected chi connectivity index (χ2v) is 4.29. The van der Waals surface area contributed by atoms with Crippen LogP contribution in [-0.4, -0.2) is 18.9 Å². The Bertz CT molecular complexity index is 380. The number of nitrogens with one attached hydrogen (secondary N) is 1. The number of halogens is 4. The van der Waals surface area contributed by atoms with Crippen molar-refractivity contribution in [2.24, 2.45) is 0 Å². The van der Waals surface area contributed by atoms with Crippen molar-refractivity contribution in [1.29, 1.82) is 0 Å². The molecule has 1 heterocycles. The zero-order valence-corrected chi connectivity index (χ0v) is 10.6. The number of hydrogen-bond acceptors (Lipinski definition) is 2. The fourth-order valence-electron chi connectivity index (χ4n) is 1.84. The summed E-state index contributed by atoms with van der Waals surface area (Å²) in [6, 6.07) is 5.50. The highest BCUT2D eigenvalue weighted by Gasteiger charge is 2.30. The summed E-state index contributed by atoms with van der Waals surface area (Å²) < 4.78 is 42.4. The number of rotatable bonds is 2. The van der Waals surface area contributed by atoms with Gasteiger partial charge in [-0.25, -0.2) is 0 Å².